The molecule has 0 amide bonds. The average molecular weight is 428 g/mol. The minimum Gasteiger partial charge on any atom is -0.424 e. The zero-order valence-electron chi connectivity index (χ0n) is 16.8. The minimum atomic E-state index is -3.01. The first kappa shape index (κ1) is 20.6. The molecule has 2 aliphatic rings. The number of hydrogen-bond acceptors (Lipinski definition) is 6. The second-order valence-corrected chi connectivity index (χ2v) is 10.0. The van der Waals surface area contributed by atoms with Gasteiger partial charge < -0.3 is 9.63 Å². The molecule has 1 N–H and O–H groups in total. The molecule has 9 heteroatoms. The normalized spacial score (nSPS) is 22.9. The predicted octanol–water partition coefficient (Wildman–Crippen LogP) is 5.82. The number of benzene rings is 2. The summed E-state index contributed by atoms with van der Waals surface area (Å²) >= 11 is 0. The number of rotatable bonds is 5. The van der Waals surface area contributed by atoms with Gasteiger partial charge in [-0.05, 0) is 42.7 Å². The van der Waals surface area contributed by atoms with E-state index in [1.165, 1.54) is 18.6 Å². The average Bonchev–Trinajstić information content (AvgIpc) is 3.11. The number of anilines is 1. The first-order valence-electron chi connectivity index (χ1n) is 10.1. The number of nitrogens with zero attached hydrogens (tertiary/aromatic N) is 4. The molecule has 0 aromatic heterocycles. The number of hydrazone groups is 1. The van der Waals surface area contributed by atoms with Crippen LogP contribution in [0.15, 0.2) is 64.4 Å². The van der Waals surface area contributed by atoms with Gasteiger partial charge in [-0.15, -0.1) is 5.10 Å². The van der Waals surface area contributed by atoms with Crippen LogP contribution in [0.2, 0.25) is 0 Å². The van der Waals surface area contributed by atoms with E-state index in [2.05, 4.69) is 5.10 Å². The summed E-state index contributed by atoms with van der Waals surface area (Å²) in [6.45, 7) is 1.76. The van der Waals surface area contributed by atoms with E-state index in [1.807, 2.05) is 30.3 Å². The second kappa shape index (κ2) is 8.58. The van der Waals surface area contributed by atoms with Crippen molar-refractivity contribution >= 4 is 24.7 Å². The van der Waals surface area contributed by atoms with E-state index in [-0.39, 0.29) is 11.7 Å². The number of nitro benzene ring substituents is 1. The van der Waals surface area contributed by atoms with Gasteiger partial charge >= 0.3 is 0 Å². The standard InChI is InChI=1S/C21H25N4O4P/c1-16-22-24(19-10-6-3-7-11-19)30(29-16,23-18-8-4-2-5-9-18)21(26)17-12-14-20(15-13-17)25(27)28/h3,6-7,10-15,18,21,26H,2,4-5,8-9H2,1H3. The molecule has 2 atom stereocenters. The van der Waals surface area contributed by atoms with Crippen LogP contribution < -0.4 is 4.78 Å². The predicted molar refractivity (Wildman–Crippen MR) is 117 cm³/mol. The number of hydrogen-bond donors (Lipinski definition) is 1. The van der Waals surface area contributed by atoms with Gasteiger partial charge in [0.2, 0.25) is 5.90 Å². The van der Waals surface area contributed by atoms with E-state index in [4.69, 9.17) is 9.27 Å². The molecule has 1 aliphatic carbocycles. The highest BCUT2D eigenvalue weighted by atomic mass is 31.2. The highest BCUT2D eigenvalue weighted by Crippen LogP contribution is 2.69. The summed E-state index contributed by atoms with van der Waals surface area (Å²) in [5.74, 6) is -0.630. The lowest BCUT2D eigenvalue weighted by Gasteiger charge is -2.33. The first-order valence-corrected chi connectivity index (χ1v) is 11.8. The fourth-order valence-corrected chi connectivity index (χ4v) is 6.97. The fraction of sp³-hybridized carbons (Fsp3) is 0.381. The smallest absolute Gasteiger partial charge is 0.282 e. The van der Waals surface area contributed by atoms with Crippen LogP contribution in [0, 0.1) is 10.1 Å². The molecule has 2 unspecified atom stereocenters. The molecular formula is C21H25N4O4P. The molecule has 2 aromatic carbocycles. The van der Waals surface area contributed by atoms with Crippen molar-refractivity contribution in [3.63, 3.8) is 0 Å². The van der Waals surface area contributed by atoms with Gasteiger partial charge in [-0.2, -0.15) is 4.78 Å². The van der Waals surface area contributed by atoms with E-state index in [1.54, 1.807) is 23.8 Å². The Morgan fingerprint density at radius 3 is 2.47 bits per heavy atom. The Hall–Kier alpha value is -2.70. The number of para-hydroxylation sites is 1. The van der Waals surface area contributed by atoms with Crippen LogP contribution in [0.3, 0.4) is 0 Å². The molecule has 1 heterocycles. The Morgan fingerprint density at radius 2 is 1.83 bits per heavy atom. The number of non-ortho nitro benzene ring substituents is 1. The molecule has 1 aliphatic heterocycles. The minimum absolute atomic E-state index is 0.0257. The van der Waals surface area contributed by atoms with Gasteiger partial charge in [-0.25, -0.2) is 4.74 Å². The molecule has 4 rings (SSSR count). The molecule has 158 valence electrons. The van der Waals surface area contributed by atoms with Crippen molar-refractivity contribution in [1.82, 2.24) is 0 Å². The van der Waals surface area contributed by atoms with Gasteiger partial charge in [-0.1, -0.05) is 37.5 Å². The van der Waals surface area contributed by atoms with E-state index >= 15 is 0 Å². The van der Waals surface area contributed by atoms with Crippen LogP contribution in [0.4, 0.5) is 11.4 Å². The van der Waals surface area contributed by atoms with Crippen LogP contribution in [0.25, 0.3) is 0 Å². The molecule has 1 saturated carbocycles. The van der Waals surface area contributed by atoms with Crippen LogP contribution in [-0.4, -0.2) is 22.0 Å². The van der Waals surface area contributed by atoms with Crippen LogP contribution in [-0.2, 0) is 4.52 Å². The molecule has 0 saturated heterocycles. The highest BCUT2D eigenvalue weighted by Gasteiger charge is 2.45. The van der Waals surface area contributed by atoms with Crippen molar-refractivity contribution < 1.29 is 14.6 Å². The Kier molecular flexibility index (Phi) is 5.88. The Bertz CT molecular complexity index is 988. The zero-order valence-corrected chi connectivity index (χ0v) is 17.7. The maximum Gasteiger partial charge on any atom is 0.282 e. The Morgan fingerprint density at radius 1 is 1.17 bits per heavy atom. The van der Waals surface area contributed by atoms with Crippen molar-refractivity contribution in [3.05, 3.63) is 70.3 Å². The van der Waals surface area contributed by atoms with Crippen molar-refractivity contribution in [3.8, 4) is 0 Å². The van der Waals surface area contributed by atoms with Gasteiger partial charge in [0.25, 0.3) is 13.1 Å². The zero-order chi connectivity index (χ0) is 21.1. The lowest BCUT2D eigenvalue weighted by atomic mass is 9.97. The van der Waals surface area contributed by atoms with Crippen molar-refractivity contribution in [2.75, 3.05) is 4.78 Å². The molecule has 1 fully saturated rings. The summed E-state index contributed by atoms with van der Waals surface area (Å²) in [5.41, 5.74) is 1.30. The molecule has 0 bridgehead atoms. The maximum atomic E-state index is 11.5. The summed E-state index contributed by atoms with van der Waals surface area (Å²) in [7, 11) is -3.01. The van der Waals surface area contributed by atoms with Crippen molar-refractivity contribution in [2.45, 2.75) is 50.9 Å². The monoisotopic (exact) mass is 428 g/mol. The van der Waals surface area contributed by atoms with Gasteiger partial charge in [0.1, 0.15) is 0 Å². The molecule has 8 nitrogen and oxygen atoms in total. The highest BCUT2D eigenvalue weighted by molar-refractivity contribution is 7.64. The van der Waals surface area contributed by atoms with Gasteiger partial charge in [0, 0.05) is 19.1 Å². The summed E-state index contributed by atoms with van der Waals surface area (Å²) in [4.78, 5) is 10.6. The van der Waals surface area contributed by atoms with Gasteiger partial charge in [0.15, 0.2) is 5.85 Å². The summed E-state index contributed by atoms with van der Waals surface area (Å²) < 4.78 is 13.1. The Labute approximate surface area is 175 Å². The van der Waals surface area contributed by atoms with Gasteiger partial charge in [0.05, 0.1) is 16.7 Å². The van der Waals surface area contributed by atoms with E-state index in [0.717, 1.165) is 31.4 Å². The first-order chi connectivity index (χ1) is 14.5. The SMILES string of the molecule is CC1=NN(c2ccccc2)P(=NC2CCCCC2)(C(O)c2ccc([N+](=O)[O-])cc2)O1. The van der Waals surface area contributed by atoms with E-state index in [0.29, 0.717) is 11.5 Å². The molecule has 2 aromatic rings. The van der Waals surface area contributed by atoms with E-state index in [9.17, 15) is 15.2 Å². The van der Waals surface area contributed by atoms with Crippen LogP contribution in [0.5, 0.6) is 0 Å². The Balaban J connectivity index is 1.81. The fourth-order valence-electron chi connectivity index (χ4n) is 3.92. The summed E-state index contributed by atoms with van der Waals surface area (Å²) in [5, 5.41) is 27.1. The number of aliphatic hydroxyl groups is 1. The third-order valence-corrected chi connectivity index (χ3v) is 8.37. The van der Waals surface area contributed by atoms with Crippen molar-refractivity contribution in [2.24, 2.45) is 9.85 Å². The van der Waals surface area contributed by atoms with Crippen LogP contribution in [0.1, 0.15) is 50.4 Å². The maximum absolute atomic E-state index is 11.5. The molecule has 0 spiro atoms. The topological polar surface area (TPSA) is 101 Å². The van der Waals surface area contributed by atoms with E-state index < -0.39 is 18.2 Å². The lowest BCUT2D eigenvalue weighted by Crippen LogP contribution is -2.18. The second-order valence-electron chi connectivity index (χ2n) is 7.55. The van der Waals surface area contributed by atoms with Crippen molar-refractivity contribution in [1.29, 1.82) is 0 Å². The third-order valence-electron chi connectivity index (χ3n) is 5.38. The molecular weight excluding hydrogens is 403 g/mol. The van der Waals surface area contributed by atoms with Gasteiger partial charge in [-0.3, -0.25) is 10.1 Å². The number of aliphatic hydroxyl groups excluding tert-OH is 1. The summed E-state index contributed by atoms with van der Waals surface area (Å²) in [6.07, 6.45) is 5.32. The summed E-state index contributed by atoms with van der Waals surface area (Å²) in [6, 6.07) is 15.6. The van der Waals surface area contributed by atoms with Crippen LogP contribution >= 0.6 is 7.43 Å². The molecule has 30 heavy (non-hydrogen) atoms. The lowest BCUT2D eigenvalue weighted by molar-refractivity contribution is -0.384. The molecule has 0 radical (unpaired) electrons. The third kappa shape index (κ3) is 3.98. The number of nitro groups is 1. The largest absolute Gasteiger partial charge is 0.424 e. The quantitative estimate of drug-likeness (QED) is 0.367.